The number of Topliss-reactive ketones (excluding diaryl/α,β-unsaturated/α-hetero) is 1. The molecule has 1 aromatic rings. The second-order valence-corrected chi connectivity index (χ2v) is 8.10. The number of piperazine rings is 1. The Balaban J connectivity index is 1.41. The molecule has 0 spiro atoms. The molecule has 0 atom stereocenters. The number of ketones is 1. The minimum Gasteiger partial charge on any atom is -0.340 e. The van der Waals surface area contributed by atoms with Gasteiger partial charge in [-0.05, 0) is 25.0 Å². The number of carbonyl (C=O) groups excluding carboxylic acids is 2. The first-order valence-corrected chi connectivity index (χ1v) is 9.63. The molecule has 1 amide bonds. The highest BCUT2D eigenvalue weighted by Crippen LogP contribution is 2.25. The number of thiophene rings is 1. The highest BCUT2D eigenvalue weighted by Gasteiger charge is 2.27. The highest BCUT2D eigenvalue weighted by atomic mass is 35.5. The Morgan fingerprint density at radius 1 is 1.09 bits per heavy atom. The van der Waals surface area contributed by atoms with Gasteiger partial charge in [0, 0.05) is 45.1 Å². The van der Waals surface area contributed by atoms with E-state index < -0.39 is 0 Å². The zero-order chi connectivity index (χ0) is 16.2. The lowest BCUT2D eigenvalue weighted by Gasteiger charge is -2.38. The van der Waals surface area contributed by atoms with Gasteiger partial charge < -0.3 is 4.90 Å². The van der Waals surface area contributed by atoms with Crippen LogP contribution in [-0.4, -0.2) is 53.7 Å². The Kier molecular flexibility index (Phi) is 5.72. The van der Waals surface area contributed by atoms with E-state index in [4.69, 9.17) is 11.6 Å². The summed E-state index contributed by atoms with van der Waals surface area (Å²) in [6.07, 6.45) is 5.89. The maximum Gasteiger partial charge on any atom is 0.223 e. The van der Waals surface area contributed by atoms with Gasteiger partial charge in [0.25, 0.3) is 0 Å². The molecule has 2 fully saturated rings. The molecular weight excluding hydrogens is 332 g/mol. The van der Waals surface area contributed by atoms with Crippen molar-refractivity contribution >= 4 is 34.6 Å². The molecule has 0 radical (unpaired) electrons. The number of nitrogens with zero attached hydrogens (tertiary/aromatic N) is 2. The molecule has 0 aromatic carbocycles. The van der Waals surface area contributed by atoms with Crippen molar-refractivity contribution in [1.29, 1.82) is 0 Å². The third kappa shape index (κ3) is 4.34. The van der Waals surface area contributed by atoms with Crippen LogP contribution in [0.2, 0.25) is 4.34 Å². The lowest BCUT2D eigenvalue weighted by atomic mass is 10.1. The van der Waals surface area contributed by atoms with Gasteiger partial charge in [-0.25, -0.2) is 0 Å². The molecular formula is C17H23ClN2O2S. The highest BCUT2D eigenvalue weighted by molar-refractivity contribution is 7.18. The van der Waals surface area contributed by atoms with Crippen LogP contribution in [0.15, 0.2) is 12.1 Å². The maximum atomic E-state index is 12.3. The fourth-order valence-corrected chi connectivity index (χ4v) is 4.58. The lowest BCUT2D eigenvalue weighted by molar-refractivity contribution is -0.133. The number of amides is 1. The summed E-state index contributed by atoms with van der Waals surface area (Å²) >= 11 is 7.12. The molecule has 6 heteroatoms. The van der Waals surface area contributed by atoms with Crippen LogP contribution in [0.25, 0.3) is 0 Å². The number of halogens is 1. The van der Waals surface area contributed by atoms with E-state index in [1.807, 2.05) is 4.90 Å². The lowest BCUT2D eigenvalue weighted by Crippen LogP contribution is -2.51. The van der Waals surface area contributed by atoms with Crippen LogP contribution >= 0.6 is 22.9 Å². The zero-order valence-electron chi connectivity index (χ0n) is 13.3. The molecule has 126 valence electrons. The monoisotopic (exact) mass is 354 g/mol. The van der Waals surface area contributed by atoms with Gasteiger partial charge in [-0.1, -0.05) is 24.4 Å². The van der Waals surface area contributed by atoms with E-state index in [0.29, 0.717) is 15.6 Å². The van der Waals surface area contributed by atoms with Crippen molar-refractivity contribution in [1.82, 2.24) is 9.80 Å². The predicted octanol–water partition coefficient (Wildman–Crippen LogP) is 3.45. The molecule has 2 aliphatic rings. The van der Waals surface area contributed by atoms with E-state index in [2.05, 4.69) is 4.90 Å². The normalized spacial score (nSPS) is 20.1. The summed E-state index contributed by atoms with van der Waals surface area (Å²) in [6.45, 7) is 3.55. The minimum atomic E-state index is 0.0137. The van der Waals surface area contributed by atoms with Crippen LogP contribution in [-0.2, 0) is 4.79 Å². The first-order valence-electron chi connectivity index (χ1n) is 8.44. The van der Waals surface area contributed by atoms with Gasteiger partial charge in [0.1, 0.15) is 0 Å². The predicted molar refractivity (Wildman–Crippen MR) is 93.3 cm³/mol. The van der Waals surface area contributed by atoms with Crippen LogP contribution in [0.1, 0.15) is 48.2 Å². The summed E-state index contributed by atoms with van der Waals surface area (Å²) in [5, 5.41) is 0. The van der Waals surface area contributed by atoms with Gasteiger partial charge in [0.15, 0.2) is 5.78 Å². The molecule has 1 saturated carbocycles. The Morgan fingerprint density at radius 3 is 2.39 bits per heavy atom. The summed E-state index contributed by atoms with van der Waals surface area (Å²) in [4.78, 5) is 29.4. The summed E-state index contributed by atoms with van der Waals surface area (Å²) in [5.41, 5.74) is 0. The molecule has 3 rings (SSSR count). The Hall–Kier alpha value is -0.910. The first-order chi connectivity index (χ1) is 11.1. The van der Waals surface area contributed by atoms with E-state index in [-0.39, 0.29) is 18.1 Å². The van der Waals surface area contributed by atoms with Crippen LogP contribution in [0.4, 0.5) is 0 Å². The van der Waals surface area contributed by atoms with Crippen LogP contribution < -0.4 is 0 Å². The van der Waals surface area contributed by atoms with Gasteiger partial charge in [-0.15, -0.1) is 11.3 Å². The Labute approximate surface area is 146 Å². The topological polar surface area (TPSA) is 40.6 Å². The van der Waals surface area contributed by atoms with Gasteiger partial charge in [-0.2, -0.15) is 0 Å². The average Bonchev–Trinajstić information content (AvgIpc) is 3.24. The first kappa shape index (κ1) is 16.9. The van der Waals surface area contributed by atoms with Crippen LogP contribution in [0.5, 0.6) is 0 Å². The third-order valence-electron chi connectivity index (χ3n) is 4.92. The van der Waals surface area contributed by atoms with Gasteiger partial charge >= 0.3 is 0 Å². The maximum absolute atomic E-state index is 12.3. The number of hydrogen-bond acceptors (Lipinski definition) is 4. The van der Waals surface area contributed by atoms with E-state index in [9.17, 15) is 9.59 Å². The van der Waals surface area contributed by atoms with Gasteiger partial charge in [-0.3, -0.25) is 14.5 Å². The largest absolute Gasteiger partial charge is 0.340 e. The fourth-order valence-electron chi connectivity index (χ4n) is 3.57. The molecule has 0 unspecified atom stereocenters. The number of hydrogen-bond donors (Lipinski definition) is 0. The minimum absolute atomic E-state index is 0.0137. The SMILES string of the molecule is O=C(CCC(=O)N1CCN(C2CCCC2)CC1)c1ccc(Cl)s1. The summed E-state index contributed by atoms with van der Waals surface area (Å²) < 4.78 is 0.614. The van der Waals surface area contributed by atoms with Gasteiger partial charge in [0.2, 0.25) is 5.91 Å². The Bertz CT molecular complexity index is 561. The van der Waals surface area contributed by atoms with Gasteiger partial charge in [0.05, 0.1) is 9.21 Å². The molecule has 23 heavy (non-hydrogen) atoms. The van der Waals surface area contributed by atoms with Crippen LogP contribution in [0.3, 0.4) is 0 Å². The van der Waals surface area contributed by atoms with E-state index in [1.165, 1.54) is 37.0 Å². The zero-order valence-corrected chi connectivity index (χ0v) is 14.9. The number of rotatable bonds is 5. The molecule has 1 aromatic heterocycles. The van der Waals surface area contributed by atoms with E-state index >= 15 is 0 Å². The average molecular weight is 355 g/mol. The van der Waals surface area contributed by atoms with Crippen molar-refractivity contribution < 1.29 is 9.59 Å². The van der Waals surface area contributed by atoms with E-state index in [0.717, 1.165) is 32.2 Å². The molecule has 0 bridgehead atoms. The molecule has 4 nitrogen and oxygen atoms in total. The molecule has 0 N–H and O–H groups in total. The molecule has 1 saturated heterocycles. The fraction of sp³-hybridized carbons (Fsp3) is 0.647. The second kappa shape index (κ2) is 7.77. The van der Waals surface area contributed by atoms with Crippen molar-refractivity contribution in [2.24, 2.45) is 0 Å². The summed E-state index contributed by atoms with van der Waals surface area (Å²) in [7, 11) is 0. The third-order valence-corrected chi connectivity index (χ3v) is 6.19. The standard InChI is InChI=1S/C17H23ClN2O2S/c18-16-7-6-15(23-16)14(21)5-8-17(22)20-11-9-19(10-12-20)13-3-1-2-4-13/h6-7,13H,1-5,8-12H2. The second-order valence-electron chi connectivity index (χ2n) is 6.38. The smallest absolute Gasteiger partial charge is 0.223 e. The van der Waals surface area contributed by atoms with Crippen molar-refractivity contribution in [3.05, 3.63) is 21.3 Å². The van der Waals surface area contributed by atoms with E-state index in [1.54, 1.807) is 12.1 Å². The van der Waals surface area contributed by atoms with Crippen molar-refractivity contribution in [3.63, 3.8) is 0 Å². The number of carbonyl (C=O) groups is 2. The summed E-state index contributed by atoms with van der Waals surface area (Å²) in [6, 6.07) is 4.20. The quantitative estimate of drug-likeness (QED) is 0.760. The van der Waals surface area contributed by atoms with Crippen molar-refractivity contribution in [2.75, 3.05) is 26.2 Å². The summed E-state index contributed by atoms with van der Waals surface area (Å²) in [5.74, 6) is 0.118. The Morgan fingerprint density at radius 2 is 1.78 bits per heavy atom. The molecule has 1 aliphatic heterocycles. The molecule has 2 heterocycles. The van der Waals surface area contributed by atoms with Crippen molar-refractivity contribution in [3.8, 4) is 0 Å². The van der Waals surface area contributed by atoms with Crippen molar-refractivity contribution in [2.45, 2.75) is 44.6 Å². The molecule has 1 aliphatic carbocycles. The van der Waals surface area contributed by atoms with Crippen LogP contribution in [0, 0.1) is 0 Å².